The van der Waals surface area contributed by atoms with Crippen LogP contribution in [0.25, 0.3) is 11.2 Å². The third kappa shape index (κ3) is 3.18. The van der Waals surface area contributed by atoms with Crippen molar-refractivity contribution in [2.45, 2.75) is 12.1 Å². The van der Waals surface area contributed by atoms with E-state index >= 15 is 0 Å². The first-order chi connectivity index (χ1) is 12.3. The van der Waals surface area contributed by atoms with Crippen molar-refractivity contribution in [2.75, 3.05) is 38.5 Å². The van der Waals surface area contributed by atoms with Crippen LogP contribution in [0, 0.1) is 0 Å². The van der Waals surface area contributed by atoms with Gasteiger partial charge < -0.3 is 14.4 Å². The van der Waals surface area contributed by atoms with Crippen LogP contribution in [0.2, 0.25) is 0 Å². The molecule has 0 aliphatic carbocycles. The van der Waals surface area contributed by atoms with Crippen LogP contribution >= 0.6 is 11.8 Å². The van der Waals surface area contributed by atoms with E-state index in [1.165, 1.54) is 28.3 Å². The second-order valence-electron chi connectivity index (χ2n) is 6.60. The van der Waals surface area contributed by atoms with E-state index in [0.717, 1.165) is 37.3 Å². The van der Waals surface area contributed by atoms with Crippen molar-refractivity contribution < 1.29 is 9.69 Å². The Kier molecular flexibility index (Phi) is 5.24. The lowest BCUT2D eigenvalue weighted by Crippen LogP contribution is -3.14. The molecule has 26 heavy (non-hydrogen) atoms. The van der Waals surface area contributed by atoms with Gasteiger partial charge >= 0.3 is 5.69 Å². The van der Waals surface area contributed by atoms with E-state index in [4.69, 9.17) is 0 Å². The molecule has 0 unspecified atom stereocenters. The number of fused-ring (bicyclic) bond motifs is 1. The molecule has 0 aromatic carbocycles. The van der Waals surface area contributed by atoms with Gasteiger partial charge in [0, 0.05) is 21.1 Å². The molecular weight excluding hydrogens is 356 g/mol. The number of carbonyl (C=O) groups excluding carboxylic acids is 1. The molecule has 0 radical (unpaired) electrons. The maximum atomic E-state index is 12.5. The first-order valence-corrected chi connectivity index (χ1v) is 9.70. The van der Waals surface area contributed by atoms with Crippen LogP contribution in [0.4, 0.5) is 0 Å². The topological polar surface area (TPSA) is 86.6 Å². The van der Waals surface area contributed by atoms with Crippen LogP contribution in [0.5, 0.6) is 0 Å². The van der Waals surface area contributed by atoms with E-state index in [9.17, 15) is 14.4 Å². The zero-order valence-corrected chi connectivity index (χ0v) is 16.4. The lowest BCUT2D eigenvalue weighted by molar-refractivity contribution is -0.902. The summed E-state index contributed by atoms with van der Waals surface area (Å²) in [5.74, 6) is 0.353. The number of hydrogen-bond acceptors (Lipinski definition) is 5. The summed E-state index contributed by atoms with van der Waals surface area (Å²) in [7, 11) is 4.77. The van der Waals surface area contributed by atoms with Gasteiger partial charge in [0.05, 0.1) is 38.5 Å². The highest BCUT2D eigenvalue weighted by Gasteiger charge is 2.24. The maximum Gasteiger partial charge on any atom is 0.332 e. The van der Waals surface area contributed by atoms with E-state index in [-0.39, 0.29) is 17.2 Å². The van der Waals surface area contributed by atoms with Crippen molar-refractivity contribution in [3.8, 4) is 0 Å². The quantitative estimate of drug-likeness (QED) is 0.608. The Morgan fingerprint density at radius 2 is 1.77 bits per heavy atom. The molecule has 3 rings (SSSR count). The summed E-state index contributed by atoms with van der Waals surface area (Å²) in [6.07, 6.45) is 0. The van der Waals surface area contributed by atoms with Crippen LogP contribution in [0.1, 0.15) is 6.92 Å². The highest BCUT2D eigenvalue weighted by molar-refractivity contribution is 7.99. The van der Waals surface area contributed by atoms with E-state index in [1.807, 2.05) is 4.90 Å². The molecule has 2 aromatic heterocycles. The molecule has 10 heteroatoms. The third-order valence-electron chi connectivity index (χ3n) is 5.08. The summed E-state index contributed by atoms with van der Waals surface area (Å²) >= 11 is 1.30. The predicted molar refractivity (Wildman–Crippen MR) is 99.7 cm³/mol. The second-order valence-corrected chi connectivity index (χ2v) is 7.55. The number of hydrogen-bond donors (Lipinski definition) is 1. The van der Waals surface area contributed by atoms with Crippen molar-refractivity contribution in [3.63, 3.8) is 0 Å². The molecule has 0 atom stereocenters. The molecule has 1 fully saturated rings. The molecule has 0 saturated carbocycles. The van der Waals surface area contributed by atoms with Gasteiger partial charge in [0.25, 0.3) is 5.56 Å². The number of imidazole rings is 1. The Balaban J connectivity index is 1.78. The highest BCUT2D eigenvalue weighted by atomic mass is 32.2. The number of carbonyl (C=O) groups is 1. The number of aryl methyl sites for hydroxylation is 2. The number of likely N-dealkylation sites (N-methyl/N-ethyl adjacent to an activating group) is 1. The van der Waals surface area contributed by atoms with Gasteiger partial charge in [-0.1, -0.05) is 11.8 Å². The van der Waals surface area contributed by atoms with Crippen molar-refractivity contribution >= 4 is 28.8 Å². The number of nitrogens with one attached hydrogen (secondary N) is 1. The number of aromatic nitrogens is 4. The fourth-order valence-corrected chi connectivity index (χ4v) is 4.14. The number of piperazine rings is 1. The average molecular weight is 381 g/mol. The summed E-state index contributed by atoms with van der Waals surface area (Å²) in [4.78, 5) is 44.7. The molecule has 3 heterocycles. The first kappa shape index (κ1) is 18.7. The number of thioether (sulfide) groups is 1. The summed E-state index contributed by atoms with van der Waals surface area (Å²) in [5, 5.41) is 0.560. The minimum atomic E-state index is -0.412. The highest BCUT2D eigenvalue weighted by Crippen LogP contribution is 2.20. The van der Waals surface area contributed by atoms with E-state index < -0.39 is 5.69 Å². The van der Waals surface area contributed by atoms with Crippen molar-refractivity contribution in [2.24, 2.45) is 21.1 Å². The molecule has 0 bridgehead atoms. The molecule has 2 aromatic rings. The average Bonchev–Trinajstić information content (AvgIpc) is 2.99. The Bertz CT molecular complexity index is 952. The number of amides is 1. The van der Waals surface area contributed by atoms with Gasteiger partial charge in [-0.25, -0.2) is 9.78 Å². The largest absolute Gasteiger partial charge is 0.332 e. The Hall–Kier alpha value is -2.07. The normalized spacial score (nSPS) is 15.8. The van der Waals surface area contributed by atoms with Crippen LogP contribution in [0.3, 0.4) is 0 Å². The Labute approximate surface area is 155 Å². The molecule has 1 aliphatic rings. The summed E-state index contributed by atoms with van der Waals surface area (Å²) < 4.78 is 4.09. The molecule has 1 amide bonds. The van der Waals surface area contributed by atoms with Crippen LogP contribution < -0.4 is 16.1 Å². The SMILES string of the molecule is CC[NH+]1CCN(C(=O)CSc2nc3c(c(=O)n(C)c(=O)n3C)n2C)CC1. The standard InChI is InChI=1S/C16H24N6O3S/c1-5-21-6-8-22(9-7-21)11(23)10-26-15-17-13-12(18(15)2)14(24)20(4)16(25)19(13)3/h5-10H2,1-4H3/p+1. The molecule has 142 valence electrons. The van der Waals surface area contributed by atoms with E-state index in [2.05, 4.69) is 11.9 Å². The Morgan fingerprint density at radius 1 is 1.12 bits per heavy atom. The minimum absolute atomic E-state index is 0.0824. The van der Waals surface area contributed by atoms with Gasteiger partial charge in [0.2, 0.25) is 5.91 Å². The van der Waals surface area contributed by atoms with E-state index in [0.29, 0.717) is 16.3 Å². The van der Waals surface area contributed by atoms with Gasteiger partial charge in [-0.3, -0.25) is 18.7 Å². The van der Waals surface area contributed by atoms with Gasteiger partial charge in [-0.2, -0.15) is 0 Å². The van der Waals surface area contributed by atoms with Crippen molar-refractivity contribution in [1.82, 2.24) is 23.6 Å². The third-order valence-corrected chi connectivity index (χ3v) is 6.10. The number of rotatable bonds is 4. The van der Waals surface area contributed by atoms with E-state index in [1.54, 1.807) is 18.7 Å². The summed E-state index contributed by atoms with van der Waals surface area (Å²) in [6, 6.07) is 0. The van der Waals surface area contributed by atoms with Gasteiger partial charge in [0.15, 0.2) is 16.3 Å². The van der Waals surface area contributed by atoms with Crippen molar-refractivity contribution in [3.05, 3.63) is 20.8 Å². The monoisotopic (exact) mass is 381 g/mol. The molecule has 9 nitrogen and oxygen atoms in total. The predicted octanol–water partition coefficient (Wildman–Crippen LogP) is -2.19. The first-order valence-electron chi connectivity index (χ1n) is 8.71. The van der Waals surface area contributed by atoms with Crippen molar-refractivity contribution in [1.29, 1.82) is 0 Å². The summed E-state index contributed by atoms with van der Waals surface area (Å²) in [5.41, 5.74) is -0.0834. The van der Waals surface area contributed by atoms with Gasteiger partial charge in [0.1, 0.15) is 0 Å². The minimum Gasteiger partial charge on any atom is -0.332 e. The fourth-order valence-electron chi connectivity index (χ4n) is 3.27. The smallest absolute Gasteiger partial charge is 0.332 e. The van der Waals surface area contributed by atoms with Gasteiger partial charge in [-0.05, 0) is 6.92 Å². The molecule has 1 saturated heterocycles. The number of quaternary nitrogens is 1. The molecular formula is C16H25N6O3S+. The molecule has 1 N–H and O–H groups in total. The fraction of sp³-hybridized carbons (Fsp3) is 0.625. The lowest BCUT2D eigenvalue weighted by Gasteiger charge is -2.31. The zero-order chi connectivity index (χ0) is 19.0. The second kappa shape index (κ2) is 7.28. The lowest BCUT2D eigenvalue weighted by atomic mass is 10.3. The van der Waals surface area contributed by atoms with Crippen LogP contribution in [-0.2, 0) is 25.9 Å². The molecule has 0 spiro atoms. The maximum absolute atomic E-state index is 12.5. The summed E-state index contributed by atoms with van der Waals surface area (Å²) in [6.45, 7) is 6.77. The molecule has 1 aliphatic heterocycles. The van der Waals surface area contributed by atoms with Gasteiger partial charge in [-0.15, -0.1) is 0 Å². The van der Waals surface area contributed by atoms with Crippen LogP contribution in [0.15, 0.2) is 14.7 Å². The van der Waals surface area contributed by atoms with Crippen LogP contribution in [-0.4, -0.2) is 68.0 Å². The number of nitrogens with zero attached hydrogens (tertiary/aromatic N) is 5. The Morgan fingerprint density at radius 3 is 2.38 bits per heavy atom. The zero-order valence-electron chi connectivity index (χ0n) is 15.6.